The standard InChI is InChI=1S/C20H24FN3O2/c1-7-11(2)14-9-13(4)24-18(14)20(25)23(5)19(22-24)15-10-16(21)17(26-6)8-12(15)3/h8-11H,7H2,1-6H3. The predicted octanol–water partition coefficient (Wildman–Crippen LogP) is 3.98. The number of aromatic nitrogens is 3. The van der Waals surface area contributed by atoms with Gasteiger partial charge < -0.3 is 4.74 Å². The van der Waals surface area contributed by atoms with Gasteiger partial charge in [0.1, 0.15) is 5.52 Å². The molecule has 3 rings (SSSR count). The van der Waals surface area contributed by atoms with Gasteiger partial charge in [-0.15, -0.1) is 5.10 Å². The average molecular weight is 357 g/mol. The Morgan fingerprint density at radius 2 is 1.96 bits per heavy atom. The number of aryl methyl sites for hydroxylation is 2. The van der Waals surface area contributed by atoms with Gasteiger partial charge in [-0.2, -0.15) is 0 Å². The van der Waals surface area contributed by atoms with Gasteiger partial charge in [-0.3, -0.25) is 9.36 Å². The van der Waals surface area contributed by atoms with Crippen LogP contribution in [0.3, 0.4) is 0 Å². The van der Waals surface area contributed by atoms with Crippen LogP contribution < -0.4 is 10.3 Å². The van der Waals surface area contributed by atoms with E-state index in [1.807, 2.05) is 19.9 Å². The third-order valence-corrected chi connectivity index (χ3v) is 5.09. The zero-order valence-corrected chi connectivity index (χ0v) is 16.1. The summed E-state index contributed by atoms with van der Waals surface area (Å²) in [5.74, 6) is 0.385. The first kappa shape index (κ1) is 18.2. The highest BCUT2D eigenvalue weighted by Gasteiger charge is 2.20. The van der Waals surface area contributed by atoms with Crippen molar-refractivity contribution in [1.82, 2.24) is 14.2 Å². The van der Waals surface area contributed by atoms with Gasteiger partial charge in [0.15, 0.2) is 17.4 Å². The lowest BCUT2D eigenvalue weighted by atomic mass is 10.00. The molecule has 0 spiro atoms. The molecule has 0 aliphatic heterocycles. The number of methoxy groups -OCH3 is 1. The lowest BCUT2D eigenvalue weighted by Gasteiger charge is -2.14. The summed E-state index contributed by atoms with van der Waals surface area (Å²) in [7, 11) is 3.10. The van der Waals surface area contributed by atoms with E-state index in [2.05, 4.69) is 18.9 Å². The molecule has 26 heavy (non-hydrogen) atoms. The van der Waals surface area contributed by atoms with Gasteiger partial charge >= 0.3 is 0 Å². The number of hydrogen-bond donors (Lipinski definition) is 0. The average Bonchev–Trinajstić information content (AvgIpc) is 2.95. The zero-order chi connectivity index (χ0) is 19.2. The minimum absolute atomic E-state index is 0.131. The quantitative estimate of drug-likeness (QED) is 0.710. The summed E-state index contributed by atoms with van der Waals surface area (Å²) in [6.07, 6.45) is 0.937. The van der Waals surface area contributed by atoms with Crippen LogP contribution in [0.15, 0.2) is 23.0 Å². The fraction of sp³-hybridized carbons (Fsp3) is 0.400. The molecule has 1 aromatic carbocycles. The monoisotopic (exact) mass is 357 g/mol. The van der Waals surface area contributed by atoms with Crippen molar-refractivity contribution in [2.24, 2.45) is 7.05 Å². The summed E-state index contributed by atoms with van der Waals surface area (Å²) in [5, 5.41) is 4.67. The smallest absolute Gasteiger partial charge is 0.278 e. The van der Waals surface area contributed by atoms with E-state index < -0.39 is 5.82 Å². The number of halogens is 1. The summed E-state index contributed by atoms with van der Waals surface area (Å²) >= 11 is 0. The van der Waals surface area contributed by atoms with Gasteiger partial charge in [0, 0.05) is 18.3 Å². The van der Waals surface area contributed by atoms with Gasteiger partial charge in [0.05, 0.1) is 7.11 Å². The first-order valence-corrected chi connectivity index (χ1v) is 8.73. The van der Waals surface area contributed by atoms with Crippen LogP contribution >= 0.6 is 0 Å². The van der Waals surface area contributed by atoms with Crippen LogP contribution in [0.4, 0.5) is 4.39 Å². The third kappa shape index (κ3) is 2.69. The maximum Gasteiger partial charge on any atom is 0.278 e. The zero-order valence-electron chi connectivity index (χ0n) is 16.1. The van der Waals surface area contributed by atoms with Crippen molar-refractivity contribution in [3.05, 3.63) is 51.2 Å². The van der Waals surface area contributed by atoms with E-state index >= 15 is 0 Å². The molecule has 138 valence electrons. The highest BCUT2D eigenvalue weighted by Crippen LogP contribution is 2.29. The second kappa shape index (κ2) is 6.59. The fourth-order valence-electron chi connectivity index (χ4n) is 3.30. The highest BCUT2D eigenvalue weighted by molar-refractivity contribution is 5.65. The molecule has 2 aromatic heterocycles. The molecule has 1 unspecified atom stereocenters. The van der Waals surface area contributed by atoms with Crippen LogP contribution in [-0.4, -0.2) is 21.3 Å². The van der Waals surface area contributed by atoms with Crippen LogP contribution in [0.5, 0.6) is 5.75 Å². The van der Waals surface area contributed by atoms with E-state index in [1.165, 1.54) is 17.7 Å². The van der Waals surface area contributed by atoms with Crippen molar-refractivity contribution in [3.63, 3.8) is 0 Å². The first-order chi connectivity index (χ1) is 12.3. The van der Waals surface area contributed by atoms with Crippen molar-refractivity contribution in [1.29, 1.82) is 0 Å². The number of benzene rings is 1. The van der Waals surface area contributed by atoms with Gasteiger partial charge in [-0.05, 0) is 55.5 Å². The normalized spacial score (nSPS) is 12.6. The van der Waals surface area contributed by atoms with Gasteiger partial charge in [0.25, 0.3) is 5.56 Å². The molecule has 6 heteroatoms. The topological polar surface area (TPSA) is 48.5 Å². The maximum atomic E-state index is 14.3. The molecule has 2 heterocycles. The Morgan fingerprint density at radius 3 is 2.58 bits per heavy atom. The molecule has 0 fully saturated rings. The first-order valence-electron chi connectivity index (χ1n) is 8.73. The number of fused-ring (bicyclic) bond motifs is 1. The van der Waals surface area contributed by atoms with Crippen molar-refractivity contribution in [2.45, 2.75) is 40.0 Å². The Kier molecular flexibility index (Phi) is 4.61. The molecule has 1 atom stereocenters. The molecule has 0 aliphatic rings. The molecule has 0 bridgehead atoms. The Balaban J connectivity index is 2.34. The van der Waals surface area contributed by atoms with Gasteiger partial charge in [-0.1, -0.05) is 13.8 Å². The van der Waals surface area contributed by atoms with Gasteiger partial charge in [0.2, 0.25) is 0 Å². The van der Waals surface area contributed by atoms with E-state index in [0.29, 0.717) is 16.9 Å². The summed E-state index contributed by atoms with van der Waals surface area (Å²) in [4.78, 5) is 13.1. The number of nitrogens with zero attached hydrogens (tertiary/aromatic N) is 3. The molecule has 5 nitrogen and oxygen atoms in total. The second-order valence-electron chi connectivity index (χ2n) is 6.80. The maximum absolute atomic E-state index is 14.3. The second-order valence-corrected chi connectivity index (χ2v) is 6.80. The number of ether oxygens (including phenoxy) is 1. The molecular formula is C20H24FN3O2. The number of hydrogen-bond acceptors (Lipinski definition) is 3. The minimum Gasteiger partial charge on any atom is -0.494 e. The summed E-state index contributed by atoms with van der Waals surface area (Å²) in [6.45, 7) is 7.97. The van der Waals surface area contributed by atoms with E-state index in [9.17, 15) is 9.18 Å². The minimum atomic E-state index is -0.480. The Hall–Kier alpha value is -2.63. The number of rotatable bonds is 4. The molecule has 0 amide bonds. The molecule has 0 radical (unpaired) electrons. The Bertz CT molecular complexity index is 1050. The van der Waals surface area contributed by atoms with E-state index in [1.54, 1.807) is 17.6 Å². The van der Waals surface area contributed by atoms with Crippen LogP contribution in [0.1, 0.15) is 43.0 Å². The molecule has 0 N–H and O–H groups in total. The van der Waals surface area contributed by atoms with Crippen LogP contribution in [0.25, 0.3) is 16.9 Å². The van der Waals surface area contributed by atoms with Crippen LogP contribution in [0, 0.1) is 19.7 Å². The Labute approximate surface area is 152 Å². The molecule has 3 aromatic rings. The SMILES string of the molecule is CCC(C)c1cc(C)n2nc(-c3cc(F)c(OC)cc3C)n(C)c(=O)c12. The lowest BCUT2D eigenvalue weighted by molar-refractivity contribution is 0.386. The van der Waals surface area contributed by atoms with Crippen LogP contribution in [-0.2, 0) is 7.05 Å². The van der Waals surface area contributed by atoms with Crippen LogP contribution in [0.2, 0.25) is 0 Å². The lowest BCUT2D eigenvalue weighted by Crippen LogP contribution is -2.24. The summed E-state index contributed by atoms with van der Waals surface area (Å²) in [6, 6.07) is 5.01. The third-order valence-electron chi connectivity index (χ3n) is 5.09. The van der Waals surface area contributed by atoms with Crippen molar-refractivity contribution >= 4 is 5.52 Å². The van der Waals surface area contributed by atoms with E-state index in [0.717, 1.165) is 23.2 Å². The van der Waals surface area contributed by atoms with Crippen molar-refractivity contribution < 1.29 is 9.13 Å². The van der Waals surface area contributed by atoms with E-state index in [-0.39, 0.29) is 17.2 Å². The van der Waals surface area contributed by atoms with Gasteiger partial charge in [-0.25, -0.2) is 8.91 Å². The Morgan fingerprint density at radius 1 is 1.27 bits per heavy atom. The van der Waals surface area contributed by atoms with E-state index in [4.69, 9.17) is 4.74 Å². The molecule has 0 aliphatic carbocycles. The summed E-state index contributed by atoms with van der Waals surface area (Å²) in [5.41, 5.74) is 3.71. The van der Waals surface area contributed by atoms with Crippen molar-refractivity contribution in [2.75, 3.05) is 7.11 Å². The molecular weight excluding hydrogens is 333 g/mol. The summed E-state index contributed by atoms with van der Waals surface area (Å²) < 4.78 is 22.5. The largest absolute Gasteiger partial charge is 0.494 e. The molecule has 0 saturated carbocycles. The fourth-order valence-corrected chi connectivity index (χ4v) is 3.30. The van der Waals surface area contributed by atoms with Crippen molar-refractivity contribution in [3.8, 4) is 17.1 Å². The highest BCUT2D eigenvalue weighted by atomic mass is 19.1. The predicted molar refractivity (Wildman–Crippen MR) is 101 cm³/mol. The molecule has 0 saturated heterocycles.